The minimum atomic E-state index is -0.286. The molecule has 3 aromatic heterocycles. The van der Waals surface area contributed by atoms with Crippen LogP contribution in [0.25, 0.3) is 33.9 Å². The number of nitrogens with zero attached hydrogens (tertiary/aromatic N) is 5. The molecule has 8 heteroatoms. The van der Waals surface area contributed by atoms with Crippen LogP contribution in [0, 0.1) is 12.7 Å². The first kappa shape index (κ1) is 21.8. The van der Waals surface area contributed by atoms with Crippen LogP contribution in [0.4, 0.5) is 4.39 Å². The van der Waals surface area contributed by atoms with Gasteiger partial charge in [-0.1, -0.05) is 50.2 Å². The highest BCUT2D eigenvalue weighted by molar-refractivity contribution is 5.74. The number of halogens is 1. The molecule has 0 aliphatic rings. The highest BCUT2D eigenvalue weighted by Gasteiger charge is 2.18. The van der Waals surface area contributed by atoms with Crippen molar-refractivity contribution in [2.24, 2.45) is 7.05 Å². The lowest BCUT2D eigenvalue weighted by atomic mass is 9.96. The van der Waals surface area contributed by atoms with Crippen LogP contribution in [-0.4, -0.2) is 29.1 Å². The summed E-state index contributed by atoms with van der Waals surface area (Å²) in [4.78, 5) is 29.2. The fourth-order valence-corrected chi connectivity index (χ4v) is 4.37. The van der Waals surface area contributed by atoms with E-state index in [-0.39, 0.29) is 17.4 Å². The minimum Gasteiger partial charge on any atom is -0.334 e. The molecule has 0 amide bonds. The van der Waals surface area contributed by atoms with Gasteiger partial charge in [-0.2, -0.15) is 0 Å². The molecule has 0 saturated carbocycles. The van der Waals surface area contributed by atoms with Crippen LogP contribution in [0.3, 0.4) is 0 Å². The highest BCUT2D eigenvalue weighted by atomic mass is 19.1. The summed E-state index contributed by atoms with van der Waals surface area (Å²) in [6.45, 7) is 6.17. The van der Waals surface area contributed by atoms with E-state index in [9.17, 15) is 9.18 Å². The van der Waals surface area contributed by atoms with E-state index < -0.39 is 0 Å². The number of aromatic nitrogens is 6. The molecule has 0 aliphatic heterocycles. The zero-order chi connectivity index (χ0) is 24.0. The zero-order valence-corrected chi connectivity index (χ0v) is 19.5. The number of aromatic amines is 1. The van der Waals surface area contributed by atoms with Gasteiger partial charge in [0.2, 0.25) is 0 Å². The highest BCUT2D eigenvalue weighted by Crippen LogP contribution is 2.30. The van der Waals surface area contributed by atoms with Gasteiger partial charge in [-0.05, 0) is 24.5 Å². The van der Waals surface area contributed by atoms with Crippen molar-refractivity contribution in [3.05, 3.63) is 88.0 Å². The SMILES string of the molecule is Cc1cn(C)c(-c2ccc(Cn3c(=O)[nH]c4cnc(-c5cccc(F)c5C(C)C)nc43)cc2)n1. The molecule has 34 heavy (non-hydrogen) atoms. The molecule has 1 N–H and O–H groups in total. The number of hydrogen-bond acceptors (Lipinski definition) is 4. The van der Waals surface area contributed by atoms with E-state index >= 15 is 0 Å². The second-order valence-corrected chi connectivity index (χ2v) is 8.82. The fraction of sp³-hybridized carbons (Fsp3) is 0.231. The van der Waals surface area contributed by atoms with Crippen LogP contribution in [-0.2, 0) is 13.6 Å². The zero-order valence-electron chi connectivity index (χ0n) is 19.5. The van der Waals surface area contributed by atoms with Gasteiger partial charge >= 0.3 is 5.69 Å². The van der Waals surface area contributed by atoms with Gasteiger partial charge in [-0.25, -0.2) is 24.1 Å². The fourth-order valence-electron chi connectivity index (χ4n) is 4.37. The third-order valence-corrected chi connectivity index (χ3v) is 5.93. The number of rotatable bonds is 5. The second-order valence-electron chi connectivity index (χ2n) is 8.82. The molecule has 0 atom stereocenters. The van der Waals surface area contributed by atoms with E-state index in [0.29, 0.717) is 34.7 Å². The molecule has 172 valence electrons. The average molecular weight is 457 g/mol. The summed E-state index contributed by atoms with van der Waals surface area (Å²) >= 11 is 0. The third-order valence-electron chi connectivity index (χ3n) is 5.93. The van der Waals surface area contributed by atoms with Crippen LogP contribution >= 0.6 is 0 Å². The molecule has 0 fully saturated rings. The lowest BCUT2D eigenvalue weighted by Gasteiger charge is -2.13. The topological polar surface area (TPSA) is 81.4 Å². The molecule has 0 unspecified atom stereocenters. The van der Waals surface area contributed by atoms with Crippen LogP contribution in [0.5, 0.6) is 0 Å². The summed E-state index contributed by atoms with van der Waals surface area (Å²) in [5.41, 5.74) is 4.86. The number of hydrogen-bond donors (Lipinski definition) is 1. The van der Waals surface area contributed by atoms with Crippen molar-refractivity contribution in [3.8, 4) is 22.8 Å². The minimum absolute atomic E-state index is 0.0371. The summed E-state index contributed by atoms with van der Waals surface area (Å²) in [6, 6.07) is 12.9. The second kappa shape index (κ2) is 8.37. The van der Waals surface area contributed by atoms with Crippen LogP contribution in [0.15, 0.2) is 59.7 Å². The number of benzene rings is 2. The van der Waals surface area contributed by atoms with Gasteiger partial charge in [0.05, 0.1) is 18.4 Å². The molecule has 7 nitrogen and oxygen atoms in total. The number of fused-ring (bicyclic) bond motifs is 1. The Balaban J connectivity index is 1.53. The van der Waals surface area contributed by atoms with E-state index in [4.69, 9.17) is 0 Å². The van der Waals surface area contributed by atoms with Crippen molar-refractivity contribution in [1.82, 2.24) is 29.1 Å². The van der Waals surface area contributed by atoms with Crippen molar-refractivity contribution in [2.45, 2.75) is 33.2 Å². The number of H-pyrrole nitrogens is 1. The molecular weight excluding hydrogens is 431 g/mol. The van der Waals surface area contributed by atoms with E-state index in [1.807, 2.05) is 68.9 Å². The Morgan fingerprint density at radius 2 is 1.85 bits per heavy atom. The summed E-state index contributed by atoms with van der Waals surface area (Å²) < 4.78 is 18.1. The predicted octanol–water partition coefficient (Wildman–Crippen LogP) is 4.81. The predicted molar refractivity (Wildman–Crippen MR) is 130 cm³/mol. The third kappa shape index (κ3) is 3.81. The monoisotopic (exact) mass is 456 g/mol. The Bertz CT molecular complexity index is 1560. The number of aryl methyl sites for hydroxylation is 2. The Morgan fingerprint density at radius 1 is 1.09 bits per heavy atom. The molecular formula is C26H25FN6O. The molecule has 0 saturated heterocycles. The first-order chi connectivity index (χ1) is 16.3. The standard InChI is InChI=1S/C26H25FN6O/c1-15(2)22-19(6-5-7-20(22)27)23-28-12-21-25(31-23)33(26(34)30-21)14-17-8-10-18(11-9-17)24-29-16(3)13-32(24)4/h5-13,15H,14H2,1-4H3,(H,30,34). The van der Waals surface area contributed by atoms with Crippen LogP contribution < -0.4 is 5.69 Å². The maximum atomic E-state index is 14.5. The van der Waals surface area contributed by atoms with Crippen molar-refractivity contribution in [2.75, 3.05) is 0 Å². The van der Waals surface area contributed by atoms with E-state index in [1.165, 1.54) is 6.07 Å². The molecule has 2 aromatic carbocycles. The van der Waals surface area contributed by atoms with Gasteiger partial charge in [-0.15, -0.1) is 0 Å². The van der Waals surface area contributed by atoms with Gasteiger partial charge in [-0.3, -0.25) is 4.57 Å². The maximum Gasteiger partial charge on any atom is 0.328 e. The number of imidazole rings is 2. The summed E-state index contributed by atoms with van der Waals surface area (Å²) in [6.07, 6.45) is 3.56. The molecule has 0 bridgehead atoms. The number of nitrogens with one attached hydrogen (secondary N) is 1. The first-order valence-corrected chi connectivity index (χ1v) is 11.2. The molecule has 3 heterocycles. The molecule has 0 radical (unpaired) electrons. The molecule has 5 rings (SSSR count). The average Bonchev–Trinajstić information content (AvgIpc) is 3.31. The van der Waals surface area contributed by atoms with E-state index in [0.717, 1.165) is 22.6 Å². The normalized spacial score (nSPS) is 11.6. The summed E-state index contributed by atoms with van der Waals surface area (Å²) in [5.74, 6) is 0.960. The van der Waals surface area contributed by atoms with Crippen molar-refractivity contribution >= 4 is 11.2 Å². The van der Waals surface area contributed by atoms with Gasteiger partial charge < -0.3 is 9.55 Å². The van der Waals surface area contributed by atoms with E-state index in [1.54, 1.807) is 16.8 Å². The van der Waals surface area contributed by atoms with Crippen molar-refractivity contribution < 1.29 is 4.39 Å². The van der Waals surface area contributed by atoms with Crippen molar-refractivity contribution in [1.29, 1.82) is 0 Å². The largest absolute Gasteiger partial charge is 0.334 e. The summed E-state index contributed by atoms with van der Waals surface area (Å²) in [5, 5.41) is 0. The Morgan fingerprint density at radius 3 is 2.53 bits per heavy atom. The van der Waals surface area contributed by atoms with Crippen LogP contribution in [0.2, 0.25) is 0 Å². The quantitative estimate of drug-likeness (QED) is 0.412. The van der Waals surface area contributed by atoms with Crippen LogP contribution in [0.1, 0.15) is 36.6 Å². The van der Waals surface area contributed by atoms with E-state index in [2.05, 4.69) is 19.9 Å². The van der Waals surface area contributed by atoms with Crippen molar-refractivity contribution in [3.63, 3.8) is 0 Å². The van der Waals surface area contributed by atoms with Gasteiger partial charge in [0.1, 0.15) is 17.2 Å². The first-order valence-electron chi connectivity index (χ1n) is 11.2. The van der Waals surface area contributed by atoms with Gasteiger partial charge in [0, 0.05) is 29.9 Å². The lowest BCUT2D eigenvalue weighted by Crippen LogP contribution is -2.17. The van der Waals surface area contributed by atoms with Gasteiger partial charge in [0.25, 0.3) is 0 Å². The molecule has 5 aromatic rings. The van der Waals surface area contributed by atoms with Gasteiger partial charge in [0.15, 0.2) is 11.5 Å². The Hall–Kier alpha value is -4.07. The lowest BCUT2D eigenvalue weighted by molar-refractivity contribution is 0.599. The molecule has 0 aliphatic carbocycles. The maximum absolute atomic E-state index is 14.5. The molecule has 0 spiro atoms. The summed E-state index contributed by atoms with van der Waals surface area (Å²) in [7, 11) is 1.97. The Labute approximate surface area is 196 Å². The Kier molecular flexibility index (Phi) is 5.36. The smallest absolute Gasteiger partial charge is 0.328 e.